The monoisotopic (exact) mass is 284 g/mol. The Kier molecular flexibility index (Phi) is 6.96. The minimum Gasteiger partial charge on any atom is -0.383 e. The summed E-state index contributed by atoms with van der Waals surface area (Å²) in [6, 6.07) is 1.73. The number of hydrogen-bond acceptors (Lipinski definition) is 3. The van der Waals surface area contributed by atoms with Gasteiger partial charge in [0.05, 0.1) is 6.61 Å². The van der Waals surface area contributed by atoms with Crippen molar-refractivity contribution in [3.63, 3.8) is 0 Å². The van der Waals surface area contributed by atoms with E-state index in [4.69, 9.17) is 4.74 Å². The highest BCUT2D eigenvalue weighted by atomic mass is 16.5. The summed E-state index contributed by atoms with van der Waals surface area (Å²) in [5.74, 6) is 0.819. The SMILES string of the molecule is CCNC1CCC(C(C)(C)C)CC1N(C)C(C)COC. The molecule has 0 heterocycles. The summed E-state index contributed by atoms with van der Waals surface area (Å²) < 4.78 is 5.34. The molecule has 3 heteroatoms. The summed E-state index contributed by atoms with van der Waals surface area (Å²) in [6.07, 6.45) is 3.94. The first kappa shape index (κ1) is 17.9. The molecule has 1 saturated carbocycles. The number of methoxy groups -OCH3 is 1. The largest absolute Gasteiger partial charge is 0.383 e. The lowest BCUT2D eigenvalue weighted by Crippen LogP contribution is -2.56. The molecule has 0 spiro atoms. The maximum Gasteiger partial charge on any atom is 0.0615 e. The third-order valence-electron chi connectivity index (χ3n) is 5.13. The molecule has 0 bridgehead atoms. The fraction of sp³-hybridized carbons (Fsp3) is 1.00. The van der Waals surface area contributed by atoms with Crippen LogP contribution in [0.15, 0.2) is 0 Å². The van der Waals surface area contributed by atoms with Gasteiger partial charge in [0.2, 0.25) is 0 Å². The van der Waals surface area contributed by atoms with Crippen molar-refractivity contribution in [1.82, 2.24) is 10.2 Å². The fourth-order valence-corrected chi connectivity index (χ4v) is 3.57. The highest BCUT2D eigenvalue weighted by molar-refractivity contribution is 4.94. The van der Waals surface area contributed by atoms with Gasteiger partial charge in [0, 0.05) is 25.2 Å². The van der Waals surface area contributed by atoms with E-state index in [0.717, 1.165) is 19.1 Å². The Labute approximate surface area is 126 Å². The van der Waals surface area contributed by atoms with Gasteiger partial charge in [0.25, 0.3) is 0 Å². The average Bonchev–Trinajstić information content (AvgIpc) is 2.37. The number of nitrogens with zero attached hydrogens (tertiary/aromatic N) is 1. The molecule has 1 aliphatic rings. The molecule has 0 radical (unpaired) electrons. The van der Waals surface area contributed by atoms with E-state index in [1.54, 1.807) is 7.11 Å². The zero-order valence-electron chi connectivity index (χ0n) is 14.7. The van der Waals surface area contributed by atoms with E-state index in [9.17, 15) is 0 Å². The lowest BCUT2D eigenvalue weighted by atomic mass is 9.69. The Morgan fingerprint density at radius 1 is 1.30 bits per heavy atom. The average molecular weight is 284 g/mol. The van der Waals surface area contributed by atoms with Crippen LogP contribution in [0.1, 0.15) is 53.9 Å². The van der Waals surface area contributed by atoms with Crippen molar-refractivity contribution in [3.8, 4) is 0 Å². The predicted molar refractivity (Wildman–Crippen MR) is 87.1 cm³/mol. The first-order chi connectivity index (χ1) is 9.31. The summed E-state index contributed by atoms with van der Waals surface area (Å²) >= 11 is 0. The maximum absolute atomic E-state index is 5.34. The lowest BCUT2D eigenvalue weighted by molar-refractivity contribution is 0.0287. The van der Waals surface area contributed by atoms with Crippen molar-refractivity contribution < 1.29 is 4.74 Å². The van der Waals surface area contributed by atoms with E-state index in [-0.39, 0.29) is 0 Å². The summed E-state index contributed by atoms with van der Waals surface area (Å²) in [7, 11) is 4.06. The molecule has 0 saturated heterocycles. The van der Waals surface area contributed by atoms with Gasteiger partial charge in [-0.05, 0) is 51.1 Å². The highest BCUT2D eigenvalue weighted by Gasteiger charge is 2.38. The van der Waals surface area contributed by atoms with Gasteiger partial charge in [-0.3, -0.25) is 4.90 Å². The first-order valence-electron chi connectivity index (χ1n) is 8.25. The van der Waals surface area contributed by atoms with Crippen LogP contribution in [-0.2, 0) is 4.74 Å². The van der Waals surface area contributed by atoms with Crippen LogP contribution in [0.2, 0.25) is 0 Å². The van der Waals surface area contributed by atoms with Crippen molar-refractivity contribution in [2.45, 2.75) is 72.0 Å². The third-order valence-corrected chi connectivity index (χ3v) is 5.13. The summed E-state index contributed by atoms with van der Waals surface area (Å²) in [5.41, 5.74) is 0.417. The summed E-state index contributed by atoms with van der Waals surface area (Å²) in [4.78, 5) is 2.54. The van der Waals surface area contributed by atoms with Crippen LogP contribution < -0.4 is 5.32 Å². The Morgan fingerprint density at radius 2 is 1.95 bits per heavy atom. The van der Waals surface area contributed by atoms with E-state index in [0.29, 0.717) is 23.5 Å². The summed E-state index contributed by atoms with van der Waals surface area (Å²) in [5, 5.41) is 3.70. The van der Waals surface area contributed by atoms with E-state index >= 15 is 0 Å². The molecule has 3 nitrogen and oxygen atoms in total. The Morgan fingerprint density at radius 3 is 2.45 bits per heavy atom. The second-order valence-electron chi connectivity index (χ2n) is 7.58. The number of hydrogen-bond donors (Lipinski definition) is 1. The number of ether oxygens (including phenoxy) is 1. The Hall–Kier alpha value is -0.120. The quantitative estimate of drug-likeness (QED) is 0.811. The molecule has 4 unspecified atom stereocenters. The van der Waals surface area contributed by atoms with Gasteiger partial charge in [-0.1, -0.05) is 27.7 Å². The minimum atomic E-state index is 0.417. The van der Waals surface area contributed by atoms with Crippen LogP contribution in [0.4, 0.5) is 0 Å². The second-order valence-corrected chi connectivity index (χ2v) is 7.58. The van der Waals surface area contributed by atoms with Crippen LogP contribution in [-0.4, -0.2) is 50.3 Å². The van der Waals surface area contributed by atoms with E-state index in [2.05, 4.69) is 51.9 Å². The van der Waals surface area contributed by atoms with Gasteiger partial charge in [0.15, 0.2) is 0 Å². The molecule has 1 N–H and O–H groups in total. The number of nitrogens with one attached hydrogen (secondary N) is 1. The zero-order chi connectivity index (χ0) is 15.3. The Balaban J connectivity index is 2.77. The molecule has 0 aromatic heterocycles. The van der Waals surface area contributed by atoms with Crippen LogP contribution in [0.3, 0.4) is 0 Å². The molecule has 1 aliphatic carbocycles. The van der Waals surface area contributed by atoms with Crippen molar-refractivity contribution in [2.24, 2.45) is 11.3 Å². The van der Waals surface area contributed by atoms with Crippen LogP contribution >= 0.6 is 0 Å². The molecule has 4 atom stereocenters. The van der Waals surface area contributed by atoms with Crippen LogP contribution in [0.25, 0.3) is 0 Å². The third kappa shape index (κ3) is 4.71. The van der Waals surface area contributed by atoms with Crippen LogP contribution in [0.5, 0.6) is 0 Å². The van der Waals surface area contributed by atoms with E-state index in [1.807, 2.05) is 0 Å². The number of likely N-dealkylation sites (N-methyl/N-ethyl adjacent to an activating group) is 2. The second kappa shape index (κ2) is 7.77. The van der Waals surface area contributed by atoms with Crippen molar-refractivity contribution in [1.29, 1.82) is 0 Å². The van der Waals surface area contributed by atoms with Gasteiger partial charge in [-0.2, -0.15) is 0 Å². The topological polar surface area (TPSA) is 24.5 Å². The molecular weight excluding hydrogens is 248 g/mol. The molecular formula is C17H36N2O. The molecule has 0 amide bonds. The predicted octanol–water partition coefficient (Wildman–Crippen LogP) is 3.15. The molecule has 20 heavy (non-hydrogen) atoms. The van der Waals surface area contributed by atoms with Gasteiger partial charge < -0.3 is 10.1 Å². The van der Waals surface area contributed by atoms with Gasteiger partial charge in [0.1, 0.15) is 0 Å². The van der Waals surface area contributed by atoms with E-state index < -0.39 is 0 Å². The molecule has 0 aromatic carbocycles. The van der Waals surface area contributed by atoms with Gasteiger partial charge >= 0.3 is 0 Å². The fourth-order valence-electron chi connectivity index (χ4n) is 3.57. The van der Waals surface area contributed by atoms with Gasteiger partial charge in [-0.15, -0.1) is 0 Å². The lowest BCUT2D eigenvalue weighted by Gasteiger charge is -2.47. The van der Waals surface area contributed by atoms with E-state index in [1.165, 1.54) is 19.3 Å². The zero-order valence-corrected chi connectivity index (χ0v) is 14.7. The Bertz CT molecular complexity index is 275. The van der Waals surface area contributed by atoms with Crippen molar-refractivity contribution in [2.75, 3.05) is 27.3 Å². The first-order valence-corrected chi connectivity index (χ1v) is 8.25. The maximum atomic E-state index is 5.34. The van der Waals surface area contributed by atoms with Crippen molar-refractivity contribution in [3.05, 3.63) is 0 Å². The molecule has 0 aromatic rings. The standard InChI is InChI=1S/C17H36N2O/c1-8-18-15-10-9-14(17(3,4)5)11-16(15)19(6)13(2)12-20-7/h13-16,18H,8-12H2,1-7H3. The molecule has 1 rings (SSSR count). The minimum absolute atomic E-state index is 0.417. The molecule has 1 fully saturated rings. The summed E-state index contributed by atoms with van der Waals surface area (Å²) in [6.45, 7) is 13.5. The molecule has 120 valence electrons. The van der Waals surface area contributed by atoms with Crippen LogP contribution in [0, 0.1) is 11.3 Å². The number of rotatable bonds is 6. The van der Waals surface area contributed by atoms with Gasteiger partial charge in [-0.25, -0.2) is 0 Å². The molecule has 0 aliphatic heterocycles. The van der Waals surface area contributed by atoms with Crippen molar-refractivity contribution >= 4 is 0 Å². The smallest absolute Gasteiger partial charge is 0.0615 e. The normalized spacial score (nSPS) is 29.7. The highest BCUT2D eigenvalue weighted by Crippen LogP contribution is 2.39.